The summed E-state index contributed by atoms with van der Waals surface area (Å²) in [7, 11) is 0. The lowest BCUT2D eigenvalue weighted by Crippen LogP contribution is -2.06. The molecule has 11 aromatic rings. The van der Waals surface area contributed by atoms with Gasteiger partial charge in [-0.3, -0.25) is 8.97 Å². The predicted molar refractivity (Wildman–Crippen MR) is 220 cm³/mol. The monoisotopic (exact) mass is 690 g/mol. The second-order valence-corrected chi connectivity index (χ2v) is 13.5. The van der Waals surface area contributed by atoms with Gasteiger partial charge in [0.25, 0.3) is 0 Å². The van der Waals surface area contributed by atoms with Crippen LogP contribution >= 0.6 is 0 Å². The average molecular weight is 691 g/mol. The van der Waals surface area contributed by atoms with Crippen LogP contribution in [0.3, 0.4) is 0 Å². The van der Waals surface area contributed by atoms with E-state index in [1.807, 2.05) is 48.5 Å². The third kappa shape index (κ3) is 4.81. The zero-order chi connectivity index (χ0) is 35.6. The first-order chi connectivity index (χ1) is 26.8. The fourth-order valence-corrected chi connectivity index (χ4v) is 7.75. The van der Waals surface area contributed by atoms with Crippen LogP contribution in [0.25, 0.3) is 100 Å². The number of hydrogen-bond donors (Lipinski definition) is 0. The van der Waals surface area contributed by atoms with Gasteiger partial charge in [-0.15, -0.1) is 0 Å². The van der Waals surface area contributed by atoms with Crippen molar-refractivity contribution in [3.63, 3.8) is 0 Å². The lowest BCUT2D eigenvalue weighted by Gasteiger charge is -2.12. The van der Waals surface area contributed by atoms with E-state index in [9.17, 15) is 0 Å². The lowest BCUT2D eigenvalue weighted by molar-refractivity contribution is 0.979. The average Bonchev–Trinajstić information content (AvgIpc) is 3.80. The van der Waals surface area contributed by atoms with Crippen LogP contribution in [0.2, 0.25) is 0 Å². The molecule has 0 amide bonds. The molecule has 0 unspecified atom stereocenters. The minimum Gasteiger partial charge on any atom is -0.279 e. The molecule has 0 saturated heterocycles. The molecule has 0 bridgehead atoms. The van der Waals surface area contributed by atoms with E-state index in [1.54, 1.807) is 0 Å². The van der Waals surface area contributed by atoms with E-state index in [0.717, 1.165) is 89.2 Å². The molecule has 0 aliphatic rings. The van der Waals surface area contributed by atoms with Crippen molar-refractivity contribution in [2.45, 2.75) is 0 Å². The van der Waals surface area contributed by atoms with Crippen molar-refractivity contribution in [2.75, 3.05) is 0 Å². The molecule has 4 aromatic heterocycles. The highest BCUT2D eigenvalue weighted by molar-refractivity contribution is 6.10. The van der Waals surface area contributed by atoms with E-state index in [2.05, 4.69) is 142 Å². The maximum atomic E-state index is 5.31. The zero-order valence-corrected chi connectivity index (χ0v) is 29.0. The second-order valence-electron chi connectivity index (χ2n) is 13.5. The van der Waals surface area contributed by atoms with Crippen LogP contribution in [0.15, 0.2) is 182 Å². The number of aromatic nitrogens is 6. The molecule has 252 valence electrons. The van der Waals surface area contributed by atoms with Gasteiger partial charge in [0.15, 0.2) is 5.82 Å². The SMILES string of the molecule is c1ccc(-c2cc(-c3ccc(-c4ccc5c(c4)c4ccccc4n5-c4nc5ccccc5c5nc6ccccc6n45)cc3)nc(-c3ccccc3)n2)cc1. The van der Waals surface area contributed by atoms with Crippen molar-refractivity contribution in [1.29, 1.82) is 0 Å². The standard InChI is InChI=1S/C48H30N6/c1-3-13-32(14-4-1)41-30-42(50-46(49-41)34-15-5-2-6-16-34)33-25-23-31(24-26-33)35-27-28-44-38(29-35)36-17-8-11-21-43(36)53(44)48-52-39-19-9-7-18-37(39)47-51-40-20-10-12-22-45(40)54(47)48/h1-30H. The van der Waals surface area contributed by atoms with Gasteiger partial charge < -0.3 is 0 Å². The minimum absolute atomic E-state index is 0.708. The van der Waals surface area contributed by atoms with Gasteiger partial charge in [-0.05, 0) is 59.7 Å². The molecule has 0 fully saturated rings. The predicted octanol–water partition coefficient (Wildman–Crippen LogP) is 11.6. The number of nitrogens with zero attached hydrogens (tertiary/aromatic N) is 6. The van der Waals surface area contributed by atoms with Gasteiger partial charge in [-0.25, -0.2) is 19.9 Å². The molecular formula is C48H30N6. The van der Waals surface area contributed by atoms with Crippen molar-refractivity contribution in [2.24, 2.45) is 0 Å². The molecule has 0 atom stereocenters. The van der Waals surface area contributed by atoms with Crippen molar-refractivity contribution in [3.8, 4) is 51.0 Å². The van der Waals surface area contributed by atoms with E-state index in [4.69, 9.17) is 19.9 Å². The smallest absolute Gasteiger partial charge is 0.221 e. The molecule has 0 aliphatic heterocycles. The molecule has 6 nitrogen and oxygen atoms in total. The van der Waals surface area contributed by atoms with Crippen molar-refractivity contribution >= 4 is 49.4 Å². The van der Waals surface area contributed by atoms with Crippen LogP contribution < -0.4 is 0 Å². The Labute approximate surface area is 310 Å². The zero-order valence-electron chi connectivity index (χ0n) is 29.0. The summed E-state index contributed by atoms with van der Waals surface area (Å²) in [6.45, 7) is 0. The Morgan fingerprint density at radius 1 is 0.333 bits per heavy atom. The minimum atomic E-state index is 0.708. The van der Waals surface area contributed by atoms with Gasteiger partial charge in [-0.2, -0.15) is 0 Å². The van der Waals surface area contributed by atoms with E-state index in [0.29, 0.717) is 5.82 Å². The van der Waals surface area contributed by atoms with E-state index in [-0.39, 0.29) is 0 Å². The van der Waals surface area contributed by atoms with Gasteiger partial charge in [0.1, 0.15) is 5.65 Å². The fourth-order valence-electron chi connectivity index (χ4n) is 7.75. The number of hydrogen-bond acceptors (Lipinski definition) is 4. The Balaban J connectivity index is 1.05. The van der Waals surface area contributed by atoms with Crippen molar-refractivity contribution in [1.82, 2.24) is 28.9 Å². The summed E-state index contributed by atoms with van der Waals surface area (Å²) in [6.07, 6.45) is 0. The first kappa shape index (κ1) is 30.2. The molecule has 0 radical (unpaired) electrons. The second kappa shape index (κ2) is 12.1. The highest BCUT2D eigenvalue weighted by Gasteiger charge is 2.20. The molecule has 4 heterocycles. The van der Waals surface area contributed by atoms with Crippen molar-refractivity contribution < 1.29 is 0 Å². The number of fused-ring (bicyclic) bond motifs is 8. The quantitative estimate of drug-likeness (QED) is 0.180. The summed E-state index contributed by atoms with van der Waals surface area (Å²) < 4.78 is 4.49. The fraction of sp³-hybridized carbons (Fsp3) is 0. The van der Waals surface area contributed by atoms with E-state index < -0.39 is 0 Å². The Morgan fingerprint density at radius 3 is 1.65 bits per heavy atom. The Kier molecular flexibility index (Phi) is 6.75. The molecule has 7 aromatic carbocycles. The maximum Gasteiger partial charge on any atom is 0.221 e. The van der Waals surface area contributed by atoms with Gasteiger partial charge in [0.2, 0.25) is 5.95 Å². The normalized spacial score (nSPS) is 11.7. The van der Waals surface area contributed by atoms with Crippen LogP contribution in [0.1, 0.15) is 0 Å². The van der Waals surface area contributed by atoms with Crippen LogP contribution in [-0.2, 0) is 0 Å². The van der Waals surface area contributed by atoms with Gasteiger partial charge in [0.05, 0.1) is 39.0 Å². The lowest BCUT2D eigenvalue weighted by atomic mass is 10.00. The third-order valence-electron chi connectivity index (χ3n) is 10.3. The Bertz CT molecular complexity index is 3140. The topological polar surface area (TPSA) is 60.9 Å². The first-order valence-electron chi connectivity index (χ1n) is 18.1. The van der Waals surface area contributed by atoms with Crippen molar-refractivity contribution in [3.05, 3.63) is 182 Å². The van der Waals surface area contributed by atoms with Gasteiger partial charge >= 0.3 is 0 Å². The van der Waals surface area contributed by atoms with Crippen LogP contribution in [0.5, 0.6) is 0 Å². The maximum absolute atomic E-state index is 5.31. The third-order valence-corrected chi connectivity index (χ3v) is 10.3. The molecule has 0 aliphatic carbocycles. The molecule has 0 spiro atoms. The molecule has 54 heavy (non-hydrogen) atoms. The van der Waals surface area contributed by atoms with E-state index in [1.165, 1.54) is 5.39 Å². The number of rotatable bonds is 5. The largest absolute Gasteiger partial charge is 0.279 e. The highest BCUT2D eigenvalue weighted by atomic mass is 15.2. The summed E-state index contributed by atoms with van der Waals surface area (Å²) in [4.78, 5) is 20.4. The van der Waals surface area contributed by atoms with Crippen LogP contribution in [0, 0.1) is 0 Å². The molecule has 11 rings (SSSR count). The van der Waals surface area contributed by atoms with Gasteiger partial charge in [-0.1, -0.05) is 133 Å². The first-order valence-corrected chi connectivity index (χ1v) is 18.1. The summed E-state index contributed by atoms with van der Waals surface area (Å²) in [6, 6.07) is 63.1. The Hall–Kier alpha value is -7.44. The molecule has 6 heteroatoms. The Morgan fingerprint density at radius 2 is 0.889 bits per heavy atom. The van der Waals surface area contributed by atoms with Crippen LogP contribution in [-0.4, -0.2) is 28.9 Å². The summed E-state index contributed by atoms with van der Waals surface area (Å²) in [5.74, 6) is 1.52. The molecular weight excluding hydrogens is 661 g/mol. The number of benzene rings is 7. The molecule has 0 N–H and O–H groups in total. The van der Waals surface area contributed by atoms with Gasteiger partial charge in [0, 0.05) is 32.8 Å². The highest BCUT2D eigenvalue weighted by Crippen LogP contribution is 2.37. The van der Waals surface area contributed by atoms with E-state index >= 15 is 0 Å². The van der Waals surface area contributed by atoms with Crippen LogP contribution in [0.4, 0.5) is 0 Å². The molecule has 0 saturated carbocycles. The number of imidazole rings is 1. The number of para-hydroxylation sites is 4. The summed E-state index contributed by atoms with van der Waals surface area (Å²) in [5.41, 5.74) is 13.1. The summed E-state index contributed by atoms with van der Waals surface area (Å²) in [5, 5.41) is 3.36. The summed E-state index contributed by atoms with van der Waals surface area (Å²) >= 11 is 0.